The molecule has 6 heteroatoms. The summed E-state index contributed by atoms with van der Waals surface area (Å²) in [5.41, 5.74) is -0.177. The molecule has 4 nitrogen and oxygen atoms in total. The molecule has 25 heavy (non-hydrogen) atoms. The summed E-state index contributed by atoms with van der Waals surface area (Å²) < 4.78 is 33.0. The van der Waals surface area contributed by atoms with E-state index in [9.17, 15) is 18.7 Å². The highest BCUT2D eigenvalue weighted by atomic mass is 19.1. The Hall–Kier alpha value is -1.85. The Morgan fingerprint density at radius 1 is 1.24 bits per heavy atom. The van der Waals surface area contributed by atoms with Gasteiger partial charge in [-0.1, -0.05) is 0 Å². The highest BCUT2D eigenvalue weighted by molar-refractivity contribution is 5.69. The van der Waals surface area contributed by atoms with E-state index >= 15 is 0 Å². The molecule has 0 aromatic heterocycles. The smallest absolute Gasteiger partial charge is 0.410 e. The molecule has 0 radical (unpaired) electrons. The molecule has 1 aromatic carbocycles. The Balaban J connectivity index is 1.58. The van der Waals surface area contributed by atoms with E-state index in [-0.39, 0.29) is 23.0 Å². The largest absolute Gasteiger partial charge is 0.505 e. The summed E-state index contributed by atoms with van der Waals surface area (Å²) in [4.78, 5) is 13.8. The zero-order chi connectivity index (χ0) is 18.4. The van der Waals surface area contributed by atoms with Gasteiger partial charge in [0.15, 0.2) is 11.6 Å². The van der Waals surface area contributed by atoms with E-state index in [0.29, 0.717) is 13.1 Å². The molecule has 0 bridgehead atoms. The van der Waals surface area contributed by atoms with Gasteiger partial charge in [-0.25, -0.2) is 13.6 Å². The molecule has 2 fully saturated rings. The van der Waals surface area contributed by atoms with Gasteiger partial charge in [-0.3, -0.25) is 0 Å². The average molecular weight is 353 g/mol. The molecule has 1 heterocycles. The minimum atomic E-state index is -0.716. The fourth-order valence-electron chi connectivity index (χ4n) is 3.97. The molecule has 1 amide bonds. The summed E-state index contributed by atoms with van der Waals surface area (Å²) in [7, 11) is 0. The van der Waals surface area contributed by atoms with Gasteiger partial charge in [-0.05, 0) is 64.0 Å². The molecular formula is C19H25F2NO3. The second kappa shape index (κ2) is 6.15. The van der Waals surface area contributed by atoms with Gasteiger partial charge in [-0.15, -0.1) is 0 Å². The summed E-state index contributed by atoms with van der Waals surface area (Å²) in [5.74, 6) is -2.06. The first-order valence-corrected chi connectivity index (χ1v) is 8.74. The van der Waals surface area contributed by atoms with Gasteiger partial charge in [0, 0.05) is 24.6 Å². The number of hydrogen-bond acceptors (Lipinski definition) is 3. The Morgan fingerprint density at radius 3 is 2.40 bits per heavy atom. The lowest BCUT2D eigenvalue weighted by molar-refractivity contribution is -0.0507. The number of halogens is 2. The van der Waals surface area contributed by atoms with Crippen LogP contribution in [0.3, 0.4) is 0 Å². The van der Waals surface area contributed by atoms with Crippen molar-refractivity contribution in [2.24, 2.45) is 5.41 Å². The van der Waals surface area contributed by atoms with Crippen molar-refractivity contribution in [3.63, 3.8) is 0 Å². The van der Waals surface area contributed by atoms with Crippen LogP contribution in [0.25, 0.3) is 0 Å². The van der Waals surface area contributed by atoms with Gasteiger partial charge in [0.25, 0.3) is 0 Å². The first kappa shape index (κ1) is 18.0. The summed E-state index contributed by atoms with van der Waals surface area (Å²) >= 11 is 0. The third kappa shape index (κ3) is 3.72. The van der Waals surface area contributed by atoms with Crippen molar-refractivity contribution >= 4 is 6.09 Å². The molecule has 0 unspecified atom stereocenters. The number of phenolic OH excluding ortho intramolecular Hbond substituents is 1. The highest BCUT2D eigenvalue weighted by Gasteiger charge is 2.48. The van der Waals surface area contributed by atoms with Crippen LogP contribution in [-0.2, 0) is 4.74 Å². The van der Waals surface area contributed by atoms with Crippen molar-refractivity contribution in [1.82, 2.24) is 4.90 Å². The van der Waals surface area contributed by atoms with Gasteiger partial charge in [0.2, 0.25) is 0 Å². The lowest BCUT2D eigenvalue weighted by Gasteiger charge is -2.53. The molecule has 2 aliphatic rings. The number of benzene rings is 1. The highest BCUT2D eigenvalue weighted by Crippen LogP contribution is 2.49. The minimum Gasteiger partial charge on any atom is -0.505 e. The van der Waals surface area contributed by atoms with Crippen LogP contribution in [0.5, 0.6) is 5.75 Å². The number of carbonyl (C=O) groups excluding carboxylic acids is 1. The second-order valence-electron chi connectivity index (χ2n) is 8.44. The molecule has 1 saturated heterocycles. The van der Waals surface area contributed by atoms with E-state index in [1.165, 1.54) is 6.07 Å². The number of likely N-dealkylation sites (tertiary alicyclic amines) is 1. The van der Waals surface area contributed by atoms with E-state index in [1.807, 2.05) is 20.8 Å². The van der Waals surface area contributed by atoms with Crippen LogP contribution < -0.4 is 0 Å². The summed E-state index contributed by atoms with van der Waals surface area (Å²) in [6, 6.07) is 1.99. The monoisotopic (exact) mass is 353 g/mol. The number of ether oxygens (including phenoxy) is 1. The maximum Gasteiger partial charge on any atom is 0.410 e. The Morgan fingerprint density at radius 2 is 1.84 bits per heavy atom. The van der Waals surface area contributed by atoms with E-state index in [1.54, 1.807) is 4.90 Å². The van der Waals surface area contributed by atoms with Gasteiger partial charge >= 0.3 is 6.09 Å². The van der Waals surface area contributed by atoms with Gasteiger partial charge in [0.05, 0.1) is 0 Å². The SMILES string of the molecule is CC(C)(C)OC(=O)N1CC2(CCC(c3cc(F)cc(O)c3F)CC2)C1. The standard InChI is InChI=1S/C19H25F2NO3/c1-18(2,3)25-17(24)22-10-19(11-22)6-4-12(5-7-19)14-8-13(20)9-15(23)16(14)21/h8-9,12,23H,4-7,10-11H2,1-3H3. The third-order valence-electron chi connectivity index (χ3n) is 5.24. The van der Waals surface area contributed by atoms with Crippen LogP contribution in [0.15, 0.2) is 12.1 Å². The van der Waals surface area contributed by atoms with Crippen LogP contribution in [-0.4, -0.2) is 34.8 Å². The predicted molar refractivity (Wildman–Crippen MR) is 89.5 cm³/mol. The molecule has 1 aromatic rings. The molecule has 1 aliphatic carbocycles. The molecule has 1 spiro atoms. The number of rotatable bonds is 1. The summed E-state index contributed by atoms with van der Waals surface area (Å²) in [6.07, 6.45) is 2.87. The van der Waals surface area contributed by atoms with Crippen LogP contribution in [0.4, 0.5) is 13.6 Å². The number of phenols is 1. The summed E-state index contributed by atoms with van der Waals surface area (Å²) in [6.45, 7) is 6.84. The quantitative estimate of drug-likeness (QED) is 0.805. The van der Waals surface area contributed by atoms with Gasteiger partial charge in [0.1, 0.15) is 11.4 Å². The maximum atomic E-state index is 14.1. The normalized spacial score (nSPS) is 20.4. The molecule has 1 saturated carbocycles. The van der Waals surface area contributed by atoms with E-state index in [0.717, 1.165) is 31.7 Å². The topological polar surface area (TPSA) is 49.8 Å². The van der Waals surface area contributed by atoms with Crippen molar-refractivity contribution < 1.29 is 23.4 Å². The number of carbonyl (C=O) groups is 1. The van der Waals surface area contributed by atoms with Crippen molar-refractivity contribution in [3.05, 3.63) is 29.3 Å². The van der Waals surface area contributed by atoms with Crippen LogP contribution >= 0.6 is 0 Å². The lowest BCUT2D eigenvalue weighted by Crippen LogP contribution is -2.60. The predicted octanol–water partition coefficient (Wildman–Crippen LogP) is 4.57. The lowest BCUT2D eigenvalue weighted by atomic mass is 9.65. The van der Waals surface area contributed by atoms with Crippen molar-refractivity contribution in [3.8, 4) is 5.75 Å². The fraction of sp³-hybridized carbons (Fsp3) is 0.632. The zero-order valence-electron chi connectivity index (χ0n) is 14.9. The molecule has 138 valence electrons. The van der Waals surface area contributed by atoms with Crippen molar-refractivity contribution in [2.45, 2.75) is 58.0 Å². The van der Waals surface area contributed by atoms with Crippen molar-refractivity contribution in [2.75, 3.05) is 13.1 Å². The third-order valence-corrected chi connectivity index (χ3v) is 5.24. The molecular weight excluding hydrogens is 328 g/mol. The molecule has 1 N–H and O–H groups in total. The Kier molecular flexibility index (Phi) is 4.41. The number of nitrogens with zero attached hydrogens (tertiary/aromatic N) is 1. The molecule has 3 rings (SSSR count). The summed E-state index contributed by atoms with van der Waals surface area (Å²) in [5, 5.41) is 9.49. The van der Waals surface area contributed by atoms with Crippen LogP contribution in [0, 0.1) is 17.0 Å². The average Bonchev–Trinajstić information content (AvgIpc) is 2.47. The Bertz CT molecular complexity index is 668. The second-order valence-corrected chi connectivity index (χ2v) is 8.44. The number of amides is 1. The zero-order valence-corrected chi connectivity index (χ0v) is 14.9. The van der Waals surface area contributed by atoms with Gasteiger partial charge in [-0.2, -0.15) is 0 Å². The maximum absolute atomic E-state index is 14.1. The number of aromatic hydroxyl groups is 1. The molecule has 1 aliphatic heterocycles. The van der Waals surface area contributed by atoms with Crippen LogP contribution in [0.1, 0.15) is 57.9 Å². The van der Waals surface area contributed by atoms with E-state index in [2.05, 4.69) is 0 Å². The van der Waals surface area contributed by atoms with E-state index < -0.39 is 23.0 Å². The van der Waals surface area contributed by atoms with Gasteiger partial charge < -0.3 is 14.7 Å². The molecule has 0 atom stereocenters. The number of hydrogen-bond donors (Lipinski definition) is 1. The van der Waals surface area contributed by atoms with Crippen molar-refractivity contribution in [1.29, 1.82) is 0 Å². The minimum absolute atomic E-state index is 0.0687. The van der Waals surface area contributed by atoms with E-state index in [4.69, 9.17) is 4.74 Å². The van der Waals surface area contributed by atoms with Crippen LogP contribution in [0.2, 0.25) is 0 Å². The fourth-order valence-corrected chi connectivity index (χ4v) is 3.97. The first-order chi connectivity index (χ1) is 11.6. The first-order valence-electron chi connectivity index (χ1n) is 8.74. The Labute approximate surface area is 146 Å².